The Kier molecular flexibility index (Phi) is 13.6. The molecule has 152 valence electrons. The number of thioether (sulfide) groups is 1. The van der Waals surface area contributed by atoms with Gasteiger partial charge in [0.05, 0.1) is 0 Å². The zero-order chi connectivity index (χ0) is 20.9. The van der Waals surface area contributed by atoms with Crippen molar-refractivity contribution in [2.24, 2.45) is 0 Å². The molecule has 0 heterocycles. The van der Waals surface area contributed by atoms with E-state index in [-0.39, 0.29) is 68.8 Å². The van der Waals surface area contributed by atoms with Crippen molar-refractivity contribution in [2.45, 2.75) is 23.1 Å². The van der Waals surface area contributed by atoms with Crippen molar-refractivity contribution in [3.8, 4) is 0 Å². The van der Waals surface area contributed by atoms with Crippen LogP contribution in [0.15, 0.2) is 83.3 Å². The Balaban J connectivity index is 0.00000240. The molecule has 0 aliphatic carbocycles. The van der Waals surface area contributed by atoms with Gasteiger partial charge in [0.2, 0.25) is 0 Å². The standard InChI is InChI=1S/C22H18BrF2O2PS.2Na/c23-20-13-17(11-12-19(20)22(24,25)28(26)27)15-29-21(18-9-5-2-6-10-18)14-16-7-3-1-4-8-16;;/h1-13,21H,14-15H2;;/q-2;2*+1. The van der Waals surface area contributed by atoms with Gasteiger partial charge in [0.1, 0.15) is 0 Å². The maximum Gasteiger partial charge on any atom is 1.00 e. The summed E-state index contributed by atoms with van der Waals surface area (Å²) in [5.74, 6) is 0.611. The van der Waals surface area contributed by atoms with Crippen LogP contribution < -0.4 is 68.9 Å². The Hall–Kier alpha value is 0.700. The van der Waals surface area contributed by atoms with E-state index in [9.17, 15) is 18.6 Å². The van der Waals surface area contributed by atoms with Crippen LogP contribution in [0.5, 0.6) is 0 Å². The van der Waals surface area contributed by atoms with E-state index >= 15 is 0 Å². The van der Waals surface area contributed by atoms with Gasteiger partial charge in [-0.1, -0.05) is 88.7 Å². The van der Waals surface area contributed by atoms with E-state index in [0.29, 0.717) is 5.75 Å². The van der Waals surface area contributed by atoms with Gasteiger partial charge >= 0.3 is 59.1 Å². The summed E-state index contributed by atoms with van der Waals surface area (Å²) in [4.78, 5) is 21.7. The van der Waals surface area contributed by atoms with E-state index in [1.165, 1.54) is 17.2 Å². The molecule has 0 fully saturated rings. The van der Waals surface area contributed by atoms with Crippen LogP contribution >= 0.6 is 36.1 Å². The summed E-state index contributed by atoms with van der Waals surface area (Å²) in [5.41, 5.74) is -1.15. The Morgan fingerprint density at radius 3 is 2.00 bits per heavy atom. The molecule has 2 nitrogen and oxygen atoms in total. The number of hydrogen-bond acceptors (Lipinski definition) is 3. The minimum atomic E-state index is -3.89. The van der Waals surface area contributed by atoms with Crippen molar-refractivity contribution in [3.05, 3.63) is 106 Å². The predicted molar refractivity (Wildman–Crippen MR) is 116 cm³/mol. The SMILES string of the molecule is [Na+].[Na+].[O-]P([O-])C(F)(F)c1ccc(CSC(Cc2ccccc2)c2ccccc2)cc1Br. The molecule has 0 bridgehead atoms. The van der Waals surface area contributed by atoms with Crippen LogP contribution in [-0.4, -0.2) is 0 Å². The van der Waals surface area contributed by atoms with Crippen LogP contribution in [-0.2, 0) is 17.8 Å². The van der Waals surface area contributed by atoms with Gasteiger partial charge < -0.3 is 9.79 Å². The van der Waals surface area contributed by atoms with Gasteiger partial charge in [0, 0.05) is 21.0 Å². The number of hydrogen-bond donors (Lipinski definition) is 0. The Morgan fingerprint density at radius 1 is 0.871 bits per heavy atom. The second-order valence-electron chi connectivity index (χ2n) is 6.51. The van der Waals surface area contributed by atoms with Gasteiger partial charge in [-0.25, -0.2) is 8.38 Å². The second-order valence-corrected chi connectivity index (χ2v) is 9.63. The Labute approximate surface area is 239 Å². The minimum absolute atomic E-state index is 0. The first kappa shape index (κ1) is 29.7. The van der Waals surface area contributed by atoms with Crippen LogP contribution in [0.25, 0.3) is 0 Å². The summed E-state index contributed by atoms with van der Waals surface area (Å²) in [5, 5.41) is 0.203. The first-order chi connectivity index (χ1) is 13.9. The smallest absolute Gasteiger partial charge is 0.837 e. The van der Waals surface area contributed by atoms with Crippen LogP contribution in [0.4, 0.5) is 8.78 Å². The largest absolute Gasteiger partial charge is 1.00 e. The zero-order valence-corrected chi connectivity index (χ0v) is 24.6. The van der Waals surface area contributed by atoms with E-state index in [0.717, 1.165) is 12.0 Å². The zero-order valence-electron chi connectivity index (χ0n) is 17.3. The van der Waals surface area contributed by atoms with Gasteiger partial charge in [-0.15, -0.1) is 11.8 Å². The quantitative estimate of drug-likeness (QED) is 0.292. The predicted octanol–water partition coefficient (Wildman–Crippen LogP) is -0.244. The molecule has 3 aromatic carbocycles. The molecule has 31 heavy (non-hydrogen) atoms. The fourth-order valence-corrected chi connectivity index (χ4v) is 5.41. The number of halogens is 3. The monoisotopic (exact) mass is 540 g/mol. The molecule has 3 aromatic rings. The molecule has 0 radical (unpaired) electrons. The number of rotatable bonds is 8. The third-order valence-corrected chi connectivity index (χ3v) is 7.17. The summed E-state index contributed by atoms with van der Waals surface area (Å²) in [6.45, 7) is 0. The van der Waals surface area contributed by atoms with Crippen molar-refractivity contribution >= 4 is 36.1 Å². The van der Waals surface area contributed by atoms with Crippen LogP contribution in [0.2, 0.25) is 0 Å². The van der Waals surface area contributed by atoms with Gasteiger partial charge in [0.15, 0.2) is 0 Å². The molecule has 9 heteroatoms. The van der Waals surface area contributed by atoms with Gasteiger partial charge in [0.25, 0.3) is 5.66 Å². The fourth-order valence-electron chi connectivity index (χ4n) is 2.96. The summed E-state index contributed by atoms with van der Waals surface area (Å²) < 4.78 is 27.7. The van der Waals surface area contributed by atoms with E-state index in [1.807, 2.05) is 36.4 Å². The molecule has 0 N–H and O–H groups in total. The average molecular weight is 541 g/mol. The molecule has 0 amide bonds. The molecule has 0 aliphatic rings. The molecule has 3 rings (SSSR count). The van der Waals surface area contributed by atoms with Gasteiger partial charge in [-0.3, -0.25) is 0 Å². The van der Waals surface area contributed by atoms with Crippen LogP contribution in [0.3, 0.4) is 0 Å². The maximum absolute atomic E-state index is 13.8. The molecule has 0 saturated heterocycles. The maximum atomic E-state index is 13.8. The summed E-state index contributed by atoms with van der Waals surface area (Å²) in [7, 11) is -3.89. The van der Waals surface area contributed by atoms with Crippen molar-refractivity contribution in [3.63, 3.8) is 0 Å². The molecular weight excluding hydrogens is 523 g/mol. The Bertz CT molecular complexity index is 937. The Morgan fingerprint density at radius 2 is 1.45 bits per heavy atom. The van der Waals surface area contributed by atoms with E-state index in [2.05, 4.69) is 40.2 Å². The van der Waals surface area contributed by atoms with Crippen molar-refractivity contribution in [1.82, 2.24) is 0 Å². The summed E-state index contributed by atoms with van der Waals surface area (Å²) >= 11 is 4.82. The number of alkyl halides is 2. The first-order valence-corrected chi connectivity index (χ1v) is 11.9. The van der Waals surface area contributed by atoms with Gasteiger partial charge in [-0.2, -0.15) is 8.78 Å². The summed E-state index contributed by atoms with van der Waals surface area (Å²) in [6.07, 6.45) is 0.851. The first-order valence-electron chi connectivity index (χ1n) is 8.89. The van der Waals surface area contributed by atoms with E-state index in [4.69, 9.17) is 0 Å². The average Bonchev–Trinajstić information content (AvgIpc) is 2.72. The molecule has 1 atom stereocenters. The molecule has 1 unspecified atom stereocenters. The number of benzene rings is 3. The third-order valence-electron chi connectivity index (χ3n) is 4.47. The second kappa shape index (κ2) is 14.2. The normalized spacial score (nSPS) is 12.1. The third kappa shape index (κ3) is 8.45. The molecule has 0 aliphatic heterocycles. The van der Waals surface area contributed by atoms with E-state index < -0.39 is 19.6 Å². The van der Waals surface area contributed by atoms with Crippen LogP contribution in [0.1, 0.15) is 27.5 Å². The van der Waals surface area contributed by atoms with Crippen LogP contribution in [0, 0.1) is 0 Å². The van der Waals surface area contributed by atoms with E-state index in [1.54, 1.807) is 23.9 Å². The molecule has 0 saturated carbocycles. The minimum Gasteiger partial charge on any atom is -0.837 e. The van der Waals surface area contributed by atoms with Crippen molar-refractivity contribution in [1.29, 1.82) is 0 Å². The molecule has 0 aromatic heterocycles. The molecule has 0 spiro atoms. The van der Waals surface area contributed by atoms with Crippen molar-refractivity contribution < 1.29 is 77.7 Å². The molecular formula is C22H18BrF2Na2O2PS. The van der Waals surface area contributed by atoms with Crippen molar-refractivity contribution in [2.75, 3.05) is 0 Å². The summed E-state index contributed by atoms with van der Waals surface area (Å²) in [6, 6.07) is 24.7. The fraction of sp³-hybridized carbons (Fsp3) is 0.182. The van der Waals surface area contributed by atoms with Gasteiger partial charge in [-0.05, 0) is 29.2 Å². The topological polar surface area (TPSA) is 46.1 Å².